The van der Waals surface area contributed by atoms with Crippen LogP contribution in [0, 0.1) is 17.1 Å². The summed E-state index contributed by atoms with van der Waals surface area (Å²) >= 11 is 5.93. The van der Waals surface area contributed by atoms with Crippen LogP contribution in [0.4, 0.5) is 15.8 Å². The van der Waals surface area contributed by atoms with Gasteiger partial charge in [-0.25, -0.2) is 4.39 Å². The van der Waals surface area contributed by atoms with E-state index in [1.54, 1.807) is 30.3 Å². The van der Waals surface area contributed by atoms with Gasteiger partial charge < -0.3 is 10.2 Å². The Balaban J connectivity index is 1.99. The highest BCUT2D eigenvalue weighted by Gasteiger charge is 2.31. The van der Waals surface area contributed by atoms with Crippen molar-refractivity contribution in [1.82, 2.24) is 0 Å². The zero-order valence-electron chi connectivity index (χ0n) is 17.4. The van der Waals surface area contributed by atoms with Crippen LogP contribution >= 0.6 is 11.6 Å². The lowest BCUT2D eigenvalue weighted by molar-refractivity contribution is -0.112. The number of carbonyl (C=O) groups excluding carboxylic acids is 1. The molecule has 1 N–H and O–H groups in total. The maximum atomic E-state index is 15.0. The summed E-state index contributed by atoms with van der Waals surface area (Å²) in [5, 5.41) is 12.5. The predicted molar refractivity (Wildman–Crippen MR) is 121 cm³/mol. The van der Waals surface area contributed by atoms with Crippen LogP contribution < -0.4 is 10.2 Å². The first-order valence-electron chi connectivity index (χ1n) is 9.66. The molecule has 0 fully saturated rings. The van der Waals surface area contributed by atoms with E-state index in [4.69, 9.17) is 11.6 Å². The number of halogens is 2. The summed E-state index contributed by atoms with van der Waals surface area (Å²) < 4.78 is 15.0. The van der Waals surface area contributed by atoms with Crippen molar-refractivity contribution in [2.24, 2.45) is 0 Å². The number of allylic oxidation sites excluding steroid dienone is 1. The molecule has 2 aromatic rings. The van der Waals surface area contributed by atoms with E-state index in [0.717, 1.165) is 23.4 Å². The van der Waals surface area contributed by atoms with Crippen LogP contribution in [0.2, 0.25) is 5.02 Å². The van der Waals surface area contributed by atoms with Crippen LogP contribution in [0.15, 0.2) is 48.0 Å². The number of nitrogens with zero attached hydrogens (tertiary/aromatic N) is 2. The first-order chi connectivity index (χ1) is 14.2. The Kier molecular flexibility index (Phi) is 6.00. The molecule has 1 heterocycles. The minimum atomic E-state index is -0.625. The number of anilines is 2. The van der Waals surface area contributed by atoms with Crippen LogP contribution in [0.3, 0.4) is 0 Å². The van der Waals surface area contributed by atoms with Crippen molar-refractivity contribution >= 4 is 40.5 Å². The summed E-state index contributed by atoms with van der Waals surface area (Å²) in [5.41, 5.74) is 2.93. The van der Waals surface area contributed by atoms with Crippen LogP contribution in [-0.2, 0) is 4.79 Å². The van der Waals surface area contributed by atoms with Gasteiger partial charge >= 0.3 is 0 Å². The van der Waals surface area contributed by atoms with Crippen LogP contribution in [0.25, 0.3) is 11.6 Å². The molecule has 0 aromatic heterocycles. The maximum Gasteiger partial charge on any atom is 0.266 e. The molecule has 0 saturated heterocycles. The Morgan fingerprint density at radius 1 is 1.33 bits per heavy atom. The molecule has 0 unspecified atom stereocenters. The number of nitrogens with one attached hydrogen (secondary N) is 1. The summed E-state index contributed by atoms with van der Waals surface area (Å²) in [5.74, 6) is -1.11. The second kappa shape index (κ2) is 8.33. The van der Waals surface area contributed by atoms with Gasteiger partial charge in [-0.05, 0) is 69.7 Å². The summed E-state index contributed by atoms with van der Waals surface area (Å²) in [6.07, 6.45) is 3.42. The average Bonchev–Trinajstić information content (AvgIpc) is 2.66. The standard InChI is InChI=1S/C24H23ClFN3O/c1-5-29-22-12-21(26)16(10-20(22)15(2)13-24(29,3)4)9-17(14-27)23(30)28-19-8-6-7-18(25)11-19/h6-13H,5H2,1-4H3,(H,28,30)/b17-9+. The van der Waals surface area contributed by atoms with Crippen molar-refractivity contribution in [2.75, 3.05) is 16.8 Å². The Morgan fingerprint density at radius 2 is 2.07 bits per heavy atom. The summed E-state index contributed by atoms with van der Waals surface area (Å²) in [6.45, 7) is 8.91. The first kappa shape index (κ1) is 21.6. The van der Waals surface area contributed by atoms with Gasteiger partial charge in [0.15, 0.2) is 0 Å². The monoisotopic (exact) mass is 423 g/mol. The van der Waals surface area contributed by atoms with Gasteiger partial charge in [-0.3, -0.25) is 4.79 Å². The fourth-order valence-corrected chi connectivity index (χ4v) is 4.06. The van der Waals surface area contributed by atoms with E-state index in [2.05, 4.69) is 30.1 Å². The lowest BCUT2D eigenvalue weighted by Gasteiger charge is -2.42. The molecule has 1 aliphatic rings. The van der Waals surface area contributed by atoms with Gasteiger partial charge in [-0.1, -0.05) is 23.7 Å². The van der Waals surface area contributed by atoms with Gasteiger partial charge in [0.25, 0.3) is 5.91 Å². The van der Waals surface area contributed by atoms with E-state index < -0.39 is 11.7 Å². The molecular weight excluding hydrogens is 401 g/mol. The van der Waals surface area contributed by atoms with Crippen LogP contribution in [-0.4, -0.2) is 18.0 Å². The number of hydrogen-bond acceptors (Lipinski definition) is 3. The highest BCUT2D eigenvalue weighted by Crippen LogP contribution is 2.40. The molecule has 0 radical (unpaired) electrons. The molecule has 30 heavy (non-hydrogen) atoms. The van der Waals surface area contributed by atoms with Crippen molar-refractivity contribution in [2.45, 2.75) is 33.2 Å². The van der Waals surface area contributed by atoms with Gasteiger partial charge in [0.2, 0.25) is 0 Å². The van der Waals surface area contributed by atoms with Gasteiger partial charge in [0.1, 0.15) is 17.5 Å². The second-order valence-electron chi connectivity index (χ2n) is 7.75. The molecule has 1 aliphatic heterocycles. The molecular formula is C24H23ClFN3O. The van der Waals surface area contributed by atoms with Gasteiger partial charge in [-0.2, -0.15) is 5.26 Å². The number of hydrogen-bond donors (Lipinski definition) is 1. The first-order valence-corrected chi connectivity index (χ1v) is 10.0. The van der Waals surface area contributed by atoms with Crippen LogP contribution in [0.1, 0.15) is 38.8 Å². The fourth-order valence-electron chi connectivity index (χ4n) is 3.87. The summed E-state index contributed by atoms with van der Waals surface area (Å²) in [7, 11) is 0. The van der Waals surface area contributed by atoms with Gasteiger partial charge in [-0.15, -0.1) is 0 Å². The molecule has 0 spiro atoms. The molecule has 4 nitrogen and oxygen atoms in total. The van der Waals surface area contributed by atoms with Gasteiger partial charge in [0, 0.05) is 34.1 Å². The number of benzene rings is 2. The molecule has 1 amide bonds. The van der Waals surface area contributed by atoms with Crippen LogP contribution in [0.5, 0.6) is 0 Å². The largest absolute Gasteiger partial charge is 0.363 e. The van der Waals surface area contributed by atoms with Crippen molar-refractivity contribution in [3.63, 3.8) is 0 Å². The van der Waals surface area contributed by atoms with Crippen molar-refractivity contribution in [3.8, 4) is 6.07 Å². The lowest BCUT2D eigenvalue weighted by atomic mass is 9.87. The SMILES string of the molecule is CCN1c2cc(F)c(/C=C(\C#N)C(=O)Nc3cccc(Cl)c3)cc2C(C)=CC1(C)C. The lowest BCUT2D eigenvalue weighted by Crippen LogP contribution is -2.45. The predicted octanol–water partition coefficient (Wildman–Crippen LogP) is 6.05. The molecule has 6 heteroatoms. The third kappa shape index (κ3) is 4.24. The summed E-state index contributed by atoms with van der Waals surface area (Å²) in [6, 6.07) is 11.6. The minimum Gasteiger partial charge on any atom is -0.363 e. The topological polar surface area (TPSA) is 56.1 Å². The molecule has 0 bridgehead atoms. The Morgan fingerprint density at radius 3 is 2.70 bits per heavy atom. The van der Waals surface area contributed by atoms with Crippen molar-refractivity contribution in [3.05, 3.63) is 70.0 Å². The normalized spacial score (nSPS) is 15.2. The van der Waals surface area contributed by atoms with E-state index in [1.165, 1.54) is 12.1 Å². The quantitative estimate of drug-likeness (QED) is 0.481. The third-order valence-electron chi connectivity index (χ3n) is 5.16. The number of nitriles is 1. The molecule has 154 valence electrons. The highest BCUT2D eigenvalue weighted by molar-refractivity contribution is 6.31. The molecule has 0 saturated carbocycles. The second-order valence-corrected chi connectivity index (χ2v) is 8.19. The third-order valence-corrected chi connectivity index (χ3v) is 5.39. The smallest absolute Gasteiger partial charge is 0.266 e. The molecule has 2 aromatic carbocycles. The summed E-state index contributed by atoms with van der Waals surface area (Å²) in [4.78, 5) is 14.6. The minimum absolute atomic E-state index is 0.190. The Bertz CT molecular complexity index is 1110. The van der Waals surface area contributed by atoms with Gasteiger partial charge in [0.05, 0.1) is 5.54 Å². The van der Waals surface area contributed by atoms with Crippen molar-refractivity contribution < 1.29 is 9.18 Å². The number of carbonyl (C=O) groups is 1. The van der Waals surface area contributed by atoms with E-state index in [9.17, 15) is 14.4 Å². The zero-order chi connectivity index (χ0) is 22.1. The molecule has 0 atom stereocenters. The zero-order valence-corrected chi connectivity index (χ0v) is 18.1. The Hall–Kier alpha value is -3.10. The average molecular weight is 424 g/mol. The van der Waals surface area contributed by atoms with Crippen molar-refractivity contribution in [1.29, 1.82) is 5.26 Å². The molecule has 0 aliphatic carbocycles. The molecule has 3 rings (SSSR count). The van der Waals surface area contributed by atoms with E-state index in [0.29, 0.717) is 10.7 Å². The van der Waals surface area contributed by atoms with E-state index in [1.807, 2.05) is 19.9 Å². The number of fused-ring (bicyclic) bond motifs is 1. The van der Waals surface area contributed by atoms with E-state index in [-0.39, 0.29) is 16.7 Å². The number of rotatable bonds is 4. The Labute approximate surface area is 181 Å². The maximum absolute atomic E-state index is 15.0. The highest BCUT2D eigenvalue weighted by atomic mass is 35.5. The number of amides is 1. The fraction of sp³-hybridized carbons (Fsp3) is 0.250. The number of likely N-dealkylation sites (N-methyl/N-ethyl adjacent to an activating group) is 1. The van der Waals surface area contributed by atoms with E-state index >= 15 is 0 Å².